The Hall–Kier alpha value is -2.59. The van der Waals surface area contributed by atoms with E-state index in [1.807, 2.05) is 17.0 Å². The molecule has 1 saturated carbocycles. The summed E-state index contributed by atoms with van der Waals surface area (Å²) in [5, 5.41) is 8.89. The minimum atomic E-state index is -0.0625. The number of urea groups is 1. The van der Waals surface area contributed by atoms with Crippen molar-refractivity contribution < 1.29 is 9.59 Å². The summed E-state index contributed by atoms with van der Waals surface area (Å²) >= 11 is 0. The molecule has 1 aromatic carbocycles. The van der Waals surface area contributed by atoms with Crippen LogP contribution in [0, 0.1) is 17.2 Å². The fraction of sp³-hybridized carbons (Fsp3) is 0.609. The summed E-state index contributed by atoms with van der Waals surface area (Å²) in [5.74, 6) is 0.150. The van der Waals surface area contributed by atoms with E-state index >= 15 is 0 Å². The van der Waals surface area contributed by atoms with Gasteiger partial charge < -0.3 is 14.7 Å². The van der Waals surface area contributed by atoms with Gasteiger partial charge in [0.05, 0.1) is 17.6 Å². The van der Waals surface area contributed by atoms with Crippen LogP contribution in [-0.2, 0) is 11.3 Å². The Morgan fingerprint density at radius 1 is 1.03 bits per heavy atom. The summed E-state index contributed by atoms with van der Waals surface area (Å²) in [6, 6.07) is 10.1. The van der Waals surface area contributed by atoms with Gasteiger partial charge in [-0.15, -0.1) is 0 Å². The van der Waals surface area contributed by atoms with Crippen LogP contribution < -0.4 is 0 Å². The Labute approximate surface area is 178 Å². The highest BCUT2D eigenvalue weighted by atomic mass is 16.2. The van der Waals surface area contributed by atoms with Gasteiger partial charge in [0, 0.05) is 58.9 Å². The van der Waals surface area contributed by atoms with Crippen molar-refractivity contribution >= 4 is 11.9 Å². The van der Waals surface area contributed by atoms with E-state index in [9.17, 15) is 9.59 Å². The molecule has 0 aromatic heterocycles. The third-order valence-corrected chi connectivity index (χ3v) is 6.76. The van der Waals surface area contributed by atoms with Gasteiger partial charge in [0.25, 0.3) is 0 Å². The molecular formula is C23H31N5O2. The standard InChI is InChI=1S/C23H31N5O2/c1-25(15-19-8-6-18(14-24)7-9-19)23(30)28-16-20(17-28)22(29)27-11-3-10-26(12-13-27)21-4-2-5-21/h6-9,20-21H,2-5,10-13,15-17H2,1H3. The number of hydrogen-bond acceptors (Lipinski definition) is 4. The average molecular weight is 410 g/mol. The predicted octanol–water partition coefficient (Wildman–Crippen LogP) is 2.13. The Bertz CT molecular complexity index is 808. The highest BCUT2D eigenvalue weighted by Gasteiger charge is 2.39. The Balaban J connectivity index is 1.22. The van der Waals surface area contributed by atoms with Crippen LogP contribution in [-0.4, -0.2) is 83.9 Å². The lowest BCUT2D eigenvalue weighted by Gasteiger charge is -2.42. The van der Waals surface area contributed by atoms with Crippen molar-refractivity contribution in [3.63, 3.8) is 0 Å². The van der Waals surface area contributed by atoms with E-state index in [1.165, 1.54) is 19.3 Å². The number of likely N-dealkylation sites (tertiary alicyclic amines) is 1. The van der Waals surface area contributed by atoms with Gasteiger partial charge in [0.15, 0.2) is 0 Å². The van der Waals surface area contributed by atoms with Crippen molar-refractivity contribution in [3.8, 4) is 6.07 Å². The number of amides is 3. The van der Waals surface area contributed by atoms with E-state index in [4.69, 9.17) is 5.26 Å². The molecule has 0 unspecified atom stereocenters. The summed E-state index contributed by atoms with van der Waals surface area (Å²) < 4.78 is 0. The first kappa shape index (κ1) is 20.7. The lowest BCUT2D eigenvalue weighted by Crippen LogP contribution is -2.59. The Morgan fingerprint density at radius 3 is 2.40 bits per heavy atom. The minimum Gasteiger partial charge on any atom is -0.341 e. The predicted molar refractivity (Wildman–Crippen MR) is 113 cm³/mol. The van der Waals surface area contributed by atoms with Crippen LogP contribution in [0.2, 0.25) is 0 Å². The Kier molecular flexibility index (Phi) is 6.24. The van der Waals surface area contributed by atoms with E-state index in [-0.39, 0.29) is 17.9 Å². The van der Waals surface area contributed by atoms with Crippen LogP contribution in [0.15, 0.2) is 24.3 Å². The first-order valence-corrected chi connectivity index (χ1v) is 11.1. The number of carbonyl (C=O) groups is 2. The topological polar surface area (TPSA) is 70.9 Å². The highest BCUT2D eigenvalue weighted by Crippen LogP contribution is 2.26. The van der Waals surface area contributed by atoms with Crippen LogP contribution in [0.1, 0.15) is 36.8 Å². The molecule has 2 aliphatic heterocycles. The first-order chi connectivity index (χ1) is 14.5. The third kappa shape index (κ3) is 4.44. The average Bonchev–Trinajstić information content (AvgIpc) is 2.92. The molecule has 3 amide bonds. The van der Waals surface area contributed by atoms with Crippen molar-refractivity contribution in [2.45, 2.75) is 38.3 Å². The molecule has 2 heterocycles. The second-order valence-corrected chi connectivity index (χ2v) is 8.85. The SMILES string of the molecule is CN(Cc1ccc(C#N)cc1)C(=O)N1CC(C(=O)N2CCCN(C3CCC3)CC2)C1. The van der Waals surface area contributed by atoms with Gasteiger partial charge in [-0.25, -0.2) is 4.79 Å². The van der Waals surface area contributed by atoms with Gasteiger partial charge in [0.2, 0.25) is 5.91 Å². The Morgan fingerprint density at radius 2 is 1.77 bits per heavy atom. The minimum absolute atomic E-state index is 0.0459. The lowest BCUT2D eigenvalue weighted by atomic mass is 9.91. The zero-order valence-electron chi connectivity index (χ0n) is 17.8. The molecule has 0 N–H and O–H groups in total. The van der Waals surface area contributed by atoms with Crippen LogP contribution in [0.5, 0.6) is 0 Å². The zero-order valence-corrected chi connectivity index (χ0v) is 17.8. The molecule has 1 aromatic rings. The van der Waals surface area contributed by atoms with Crippen molar-refractivity contribution in [2.75, 3.05) is 46.3 Å². The number of benzene rings is 1. The number of rotatable bonds is 4. The number of carbonyl (C=O) groups excluding carboxylic acids is 2. The van der Waals surface area contributed by atoms with E-state index in [1.54, 1.807) is 29.0 Å². The highest BCUT2D eigenvalue weighted by molar-refractivity contribution is 5.84. The van der Waals surface area contributed by atoms with Crippen LogP contribution >= 0.6 is 0 Å². The van der Waals surface area contributed by atoms with Gasteiger partial charge in [0.1, 0.15) is 0 Å². The normalized spacial score (nSPS) is 20.7. The first-order valence-electron chi connectivity index (χ1n) is 11.1. The van der Waals surface area contributed by atoms with Gasteiger partial charge in [-0.1, -0.05) is 18.6 Å². The molecule has 7 nitrogen and oxygen atoms in total. The molecule has 0 radical (unpaired) electrons. The quantitative estimate of drug-likeness (QED) is 0.764. The fourth-order valence-electron chi connectivity index (χ4n) is 4.59. The van der Waals surface area contributed by atoms with Gasteiger partial charge >= 0.3 is 6.03 Å². The maximum absolute atomic E-state index is 12.9. The number of nitriles is 1. The second-order valence-electron chi connectivity index (χ2n) is 8.85. The molecule has 3 fully saturated rings. The van der Waals surface area contributed by atoms with E-state index in [0.29, 0.717) is 25.2 Å². The zero-order chi connectivity index (χ0) is 21.1. The lowest BCUT2D eigenvalue weighted by molar-refractivity contribution is -0.139. The van der Waals surface area contributed by atoms with Crippen molar-refractivity contribution in [1.82, 2.24) is 19.6 Å². The summed E-state index contributed by atoms with van der Waals surface area (Å²) in [5.41, 5.74) is 1.60. The molecule has 0 spiro atoms. The largest absolute Gasteiger partial charge is 0.341 e. The molecule has 30 heavy (non-hydrogen) atoms. The summed E-state index contributed by atoms with van der Waals surface area (Å²) in [6.07, 6.45) is 5.01. The van der Waals surface area contributed by atoms with E-state index in [2.05, 4.69) is 11.0 Å². The van der Waals surface area contributed by atoms with E-state index in [0.717, 1.165) is 44.2 Å². The van der Waals surface area contributed by atoms with Crippen LogP contribution in [0.3, 0.4) is 0 Å². The molecule has 0 atom stereocenters. The monoisotopic (exact) mass is 409 g/mol. The molecule has 160 valence electrons. The molecule has 7 heteroatoms. The summed E-state index contributed by atoms with van der Waals surface area (Å²) in [6.45, 7) is 5.26. The maximum Gasteiger partial charge on any atom is 0.320 e. The second kappa shape index (κ2) is 9.05. The van der Waals surface area contributed by atoms with Crippen molar-refractivity contribution in [1.29, 1.82) is 5.26 Å². The van der Waals surface area contributed by atoms with Crippen molar-refractivity contribution in [2.24, 2.45) is 5.92 Å². The number of nitrogens with zero attached hydrogens (tertiary/aromatic N) is 5. The van der Waals surface area contributed by atoms with Gasteiger partial charge in [-0.05, 0) is 37.0 Å². The van der Waals surface area contributed by atoms with Gasteiger partial charge in [-0.2, -0.15) is 5.26 Å². The smallest absolute Gasteiger partial charge is 0.320 e. The molecule has 1 aliphatic carbocycles. The van der Waals surface area contributed by atoms with Gasteiger partial charge in [-0.3, -0.25) is 9.69 Å². The fourth-order valence-corrected chi connectivity index (χ4v) is 4.59. The third-order valence-electron chi connectivity index (χ3n) is 6.76. The number of hydrogen-bond donors (Lipinski definition) is 0. The van der Waals surface area contributed by atoms with E-state index < -0.39 is 0 Å². The summed E-state index contributed by atoms with van der Waals surface area (Å²) in [4.78, 5) is 33.6. The maximum atomic E-state index is 12.9. The van der Waals surface area contributed by atoms with Crippen LogP contribution in [0.25, 0.3) is 0 Å². The molecule has 0 bridgehead atoms. The molecule has 3 aliphatic rings. The molecule has 4 rings (SSSR count). The van der Waals surface area contributed by atoms with Crippen molar-refractivity contribution in [3.05, 3.63) is 35.4 Å². The molecule has 2 saturated heterocycles. The van der Waals surface area contributed by atoms with Crippen LogP contribution in [0.4, 0.5) is 4.79 Å². The summed E-state index contributed by atoms with van der Waals surface area (Å²) in [7, 11) is 1.78. The molecular weight excluding hydrogens is 378 g/mol.